The molecule has 0 atom stereocenters. The smallest absolute Gasteiger partial charge is 0.164 e. The molecule has 0 aliphatic heterocycles. The standard InChI is InChI=1S/C13H8Cl4FN/c14-8-4-5-9(15)12(17)7(8)6-19-11-3-1-2-10(16)13(11)18/h1-5,19H,6H2. The first-order chi connectivity index (χ1) is 9.00. The molecule has 0 aromatic heterocycles. The molecule has 0 radical (unpaired) electrons. The summed E-state index contributed by atoms with van der Waals surface area (Å²) in [7, 11) is 0. The van der Waals surface area contributed by atoms with E-state index in [9.17, 15) is 4.39 Å². The van der Waals surface area contributed by atoms with Crippen LogP contribution in [0.5, 0.6) is 0 Å². The van der Waals surface area contributed by atoms with Crippen molar-refractivity contribution in [2.45, 2.75) is 6.54 Å². The van der Waals surface area contributed by atoms with Crippen LogP contribution >= 0.6 is 46.4 Å². The first-order valence-electron chi connectivity index (χ1n) is 5.31. The van der Waals surface area contributed by atoms with Gasteiger partial charge < -0.3 is 5.32 Å². The summed E-state index contributed by atoms with van der Waals surface area (Å²) >= 11 is 23.7. The van der Waals surface area contributed by atoms with E-state index in [0.717, 1.165) is 0 Å². The minimum absolute atomic E-state index is 0.0493. The Balaban J connectivity index is 2.24. The van der Waals surface area contributed by atoms with Crippen LogP contribution in [0.25, 0.3) is 0 Å². The summed E-state index contributed by atoms with van der Waals surface area (Å²) in [6.45, 7) is 0.246. The number of hydrogen-bond acceptors (Lipinski definition) is 1. The van der Waals surface area contributed by atoms with Crippen molar-refractivity contribution in [2.24, 2.45) is 0 Å². The maximum Gasteiger partial charge on any atom is 0.164 e. The van der Waals surface area contributed by atoms with Gasteiger partial charge in [0.1, 0.15) is 0 Å². The van der Waals surface area contributed by atoms with Gasteiger partial charge in [0.15, 0.2) is 5.82 Å². The van der Waals surface area contributed by atoms with Crippen molar-refractivity contribution < 1.29 is 4.39 Å². The second kappa shape index (κ2) is 6.19. The van der Waals surface area contributed by atoms with Crippen molar-refractivity contribution in [3.05, 3.63) is 61.8 Å². The predicted octanol–water partition coefficient (Wildman–Crippen LogP) is 6.05. The van der Waals surface area contributed by atoms with Gasteiger partial charge in [-0.3, -0.25) is 0 Å². The number of halogens is 5. The number of benzene rings is 2. The monoisotopic (exact) mass is 337 g/mol. The lowest BCUT2D eigenvalue weighted by molar-refractivity contribution is 0.630. The highest BCUT2D eigenvalue weighted by Crippen LogP contribution is 2.32. The quantitative estimate of drug-likeness (QED) is 0.671. The Hall–Kier alpha value is -0.670. The van der Waals surface area contributed by atoms with Crippen LogP contribution in [0.2, 0.25) is 20.1 Å². The van der Waals surface area contributed by atoms with Crippen molar-refractivity contribution in [3.63, 3.8) is 0 Å². The highest BCUT2D eigenvalue weighted by molar-refractivity contribution is 6.44. The molecule has 0 unspecified atom stereocenters. The summed E-state index contributed by atoms with van der Waals surface area (Å²) in [6, 6.07) is 7.95. The Bertz CT molecular complexity index is 616. The average molecular weight is 339 g/mol. The Labute approximate surface area is 130 Å². The van der Waals surface area contributed by atoms with Crippen LogP contribution in [0, 0.1) is 5.82 Å². The fraction of sp³-hybridized carbons (Fsp3) is 0.0769. The summed E-state index contributed by atoms with van der Waals surface area (Å²) in [6.07, 6.45) is 0. The third-order valence-corrected chi connectivity index (χ3v) is 4.04. The van der Waals surface area contributed by atoms with Crippen LogP contribution in [0.4, 0.5) is 10.1 Å². The minimum Gasteiger partial charge on any atom is -0.378 e. The van der Waals surface area contributed by atoms with E-state index in [1.54, 1.807) is 24.3 Å². The molecule has 0 aliphatic rings. The Morgan fingerprint density at radius 1 is 0.895 bits per heavy atom. The van der Waals surface area contributed by atoms with Crippen LogP contribution in [0.15, 0.2) is 30.3 Å². The maximum absolute atomic E-state index is 13.7. The zero-order chi connectivity index (χ0) is 14.0. The molecule has 0 bridgehead atoms. The molecule has 0 saturated heterocycles. The lowest BCUT2D eigenvalue weighted by Crippen LogP contribution is -2.03. The Morgan fingerprint density at radius 2 is 1.58 bits per heavy atom. The van der Waals surface area contributed by atoms with Crippen LogP contribution in [0.1, 0.15) is 5.56 Å². The van der Waals surface area contributed by atoms with E-state index in [4.69, 9.17) is 46.4 Å². The number of rotatable bonds is 3. The second-order valence-electron chi connectivity index (χ2n) is 3.78. The Kier molecular flexibility index (Phi) is 4.80. The summed E-state index contributed by atoms with van der Waals surface area (Å²) in [5, 5.41) is 4.15. The van der Waals surface area contributed by atoms with Gasteiger partial charge in [-0.15, -0.1) is 0 Å². The van der Waals surface area contributed by atoms with Crippen molar-refractivity contribution in [1.29, 1.82) is 0 Å². The lowest BCUT2D eigenvalue weighted by Gasteiger charge is -2.12. The van der Waals surface area contributed by atoms with Gasteiger partial charge in [0.05, 0.1) is 20.8 Å². The van der Waals surface area contributed by atoms with Crippen molar-refractivity contribution >= 4 is 52.1 Å². The third kappa shape index (κ3) is 3.26. The van der Waals surface area contributed by atoms with Crippen LogP contribution in [-0.4, -0.2) is 0 Å². The molecule has 0 amide bonds. The first kappa shape index (κ1) is 14.7. The van der Waals surface area contributed by atoms with E-state index in [2.05, 4.69) is 5.32 Å². The molecule has 100 valence electrons. The van der Waals surface area contributed by atoms with Gasteiger partial charge in [-0.25, -0.2) is 4.39 Å². The van der Waals surface area contributed by atoms with Gasteiger partial charge in [-0.1, -0.05) is 52.5 Å². The van der Waals surface area contributed by atoms with Crippen molar-refractivity contribution in [2.75, 3.05) is 5.32 Å². The van der Waals surface area contributed by atoms with Gasteiger partial charge >= 0.3 is 0 Å². The molecule has 2 aromatic rings. The fourth-order valence-electron chi connectivity index (χ4n) is 1.56. The van der Waals surface area contributed by atoms with Crippen molar-refractivity contribution in [3.8, 4) is 0 Å². The molecule has 6 heteroatoms. The molecule has 0 fully saturated rings. The molecule has 0 aliphatic carbocycles. The highest BCUT2D eigenvalue weighted by Gasteiger charge is 2.11. The second-order valence-corrected chi connectivity index (χ2v) is 5.38. The molecule has 2 rings (SSSR count). The topological polar surface area (TPSA) is 12.0 Å². The van der Waals surface area contributed by atoms with Crippen LogP contribution in [-0.2, 0) is 6.54 Å². The first-order valence-corrected chi connectivity index (χ1v) is 6.82. The van der Waals surface area contributed by atoms with E-state index in [1.165, 1.54) is 6.07 Å². The number of anilines is 1. The molecule has 19 heavy (non-hydrogen) atoms. The zero-order valence-electron chi connectivity index (χ0n) is 9.48. The largest absolute Gasteiger partial charge is 0.378 e. The van der Waals surface area contributed by atoms with Gasteiger partial charge in [0, 0.05) is 17.1 Å². The fourth-order valence-corrected chi connectivity index (χ4v) is 2.41. The summed E-state index contributed by atoms with van der Waals surface area (Å²) < 4.78 is 13.7. The summed E-state index contributed by atoms with van der Waals surface area (Å²) in [5.74, 6) is -0.515. The molecule has 1 nitrogen and oxygen atoms in total. The van der Waals surface area contributed by atoms with Crippen molar-refractivity contribution in [1.82, 2.24) is 0 Å². The highest BCUT2D eigenvalue weighted by atomic mass is 35.5. The van der Waals surface area contributed by atoms with E-state index in [1.807, 2.05) is 0 Å². The summed E-state index contributed by atoms with van der Waals surface area (Å²) in [5.41, 5.74) is 0.884. The molecule has 0 saturated carbocycles. The van der Waals surface area contributed by atoms with E-state index >= 15 is 0 Å². The van der Waals surface area contributed by atoms with Gasteiger partial charge in [-0.2, -0.15) is 0 Å². The van der Waals surface area contributed by atoms with E-state index in [0.29, 0.717) is 20.6 Å². The average Bonchev–Trinajstić information content (AvgIpc) is 2.39. The van der Waals surface area contributed by atoms with Gasteiger partial charge in [-0.05, 0) is 24.3 Å². The van der Waals surface area contributed by atoms with E-state index < -0.39 is 5.82 Å². The Morgan fingerprint density at radius 3 is 2.32 bits per heavy atom. The number of hydrogen-bond donors (Lipinski definition) is 1. The minimum atomic E-state index is -0.515. The van der Waals surface area contributed by atoms with Gasteiger partial charge in [0.25, 0.3) is 0 Å². The molecule has 0 spiro atoms. The summed E-state index contributed by atoms with van der Waals surface area (Å²) in [4.78, 5) is 0. The SMILES string of the molecule is Fc1c(Cl)cccc1NCc1c(Cl)ccc(Cl)c1Cl. The van der Waals surface area contributed by atoms with Crippen LogP contribution < -0.4 is 5.32 Å². The third-order valence-electron chi connectivity index (χ3n) is 2.55. The normalized spacial score (nSPS) is 10.6. The maximum atomic E-state index is 13.7. The van der Waals surface area contributed by atoms with Gasteiger partial charge in [0.2, 0.25) is 0 Å². The number of nitrogens with one attached hydrogen (secondary N) is 1. The molecule has 1 N–H and O–H groups in total. The lowest BCUT2D eigenvalue weighted by atomic mass is 10.2. The molecule has 0 heterocycles. The zero-order valence-corrected chi connectivity index (χ0v) is 12.5. The molecular formula is C13H8Cl4FN. The van der Waals surface area contributed by atoms with E-state index in [-0.39, 0.29) is 17.3 Å². The predicted molar refractivity (Wildman–Crippen MR) is 80.2 cm³/mol. The molecule has 2 aromatic carbocycles. The van der Waals surface area contributed by atoms with Crippen LogP contribution in [0.3, 0.4) is 0 Å². The molecular weight excluding hydrogens is 331 g/mol.